The Morgan fingerprint density at radius 3 is 2.96 bits per heavy atom. The van der Waals surface area contributed by atoms with Crippen molar-refractivity contribution in [2.45, 2.75) is 18.8 Å². The molecule has 1 saturated heterocycles. The molecule has 1 aliphatic rings. The molecule has 140 valence electrons. The number of amides is 1. The van der Waals surface area contributed by atoms with Crippen LogP contribution in [-0.2, 0) is 18.3 Å². The maximum Gasteiger partial charge on any atom is 0.227 e. The van der Waals surface area contributed by atoms with Crippen molar-refractivity contribution >= 4 is 28.5 Å². The molecule has 0 aliphatic carbocycles. The molecule has 4 rings (SSSR count). The molecule has 3 aromatic rings. The van der Waals surface area contributed by atoms with Gasteiger partial charge in [-0.25, -0.2) is 4.98 Å². The van der Waals surface area contributed by atoms with Crippen LogP contribution in [0.15, 0.2) is 36.7 Å². The molecule has 6 nitrogen and oxygen atoms in total. The summed E-state index contributed by atoms with van der Waals surface area (Å²) in [5.41, 5.74) is 2.85. The average molecular weight is 385 g/mol. The van der Waals surface area contributed by atoms with E-state index in [9.17, 15) is 4.79 Å². The quantitative estimate of drug-likeness (QED) is 0.693. The van der Waals surface area contributed by atoms with Crippen LogP contribution in [0, 0.1) is 0 Å². The number of hydrogen-bond donors (Lipinski definition) is 0. The number of carbonyl (C=O) groups excluding carboxylic acids is 1. The first-order valence-electron chi connectivity index (χ1n) is 8.93. The van der Waals surface area contributed by atoms with Crippen LogP contribution >= 0.6 is 11.6 Å². The predicted molar refractivity (Wildman–Crippen MR) is 104 cm³/mol. The maximum absolute atomic E-state index is 12.7. The number of rotatable bonds is 4. The summed E-state index contributed by atoms with van der Waals surface area (Å²) in [6.07, 6.45) is 4.84. The minimum atomic E-state index is 0.110. The Morgan fingerprint density at radius 2 is 2.22 bits per heavy atom. The molecular weight excluding hydrogens is 364 g/mol. The van der Waals surface area contributed by atoms with Gasteiger partial charge in [0.25, 0.3) is 0 Å². The molecule has 1 unspecified atom stereocenters. The lowest BCUT2D eigenvalue weighted by Gasteiger charge is -2.17. The summed E-state index contributed by atoms with van der Waals surface area (Å²) < 4.78 is 7.25. The van der Waals surface area contributed by atoms with Gasteiger partial charge in [0, 0.05) is 32.3 Å². The van der Waals surface area contributed by atoms with Crippen LogP contribution in [0.2, 0.25) is 5.02 Å². The summed E-state index contributed by atoms with van der Waals surface area (Å²) in [5, 5.41) is 0.524. The molecule has 0 N–H and O–H groups in total. The summed E-state index contributed by atoms with van der Waals surface area (Å²) in [7, 11) is 3.59. The summed E-state index contributed by atoms with van der Waals surface area (Å²) in [6.45, 7) is 1.43. The van der Waals surface area contributed by atoms with Crippen molar-refractivity contribution in [1.82, 2.24) is 19.4 Å². The van der Waals surface area contributed by atoms with Crippen LogP contribution in [-0.4, -0.2) is 45.5 Å². The van der Waals surface area contributed by atoms with E-state index in [2.05, 4.69) is 9.55 Å². The lowest BCUT2D eigenvalue weighted by atomic mass is 10.1. The normalized spacial score (nSPS) is 16.9. The second kappa shape index (κ2) is 7.19. The van der Waals surface area contributed by atoms with Gasteiger partial charge < -0.3 is 14.2 Å². The highest BCUT2D eigenvalue weighted by atomic mass is 35.5. The number of hydrogen-bond acceptors (Lipinski definition) is 4. The van der Waals surface area contributed by atoms with E-state index in [4.69, 9.17) is 21.3 Å². The third-order valence-corrected chi connectivity index (χ3v) is 5.49. The lowest BCUT2D eigenvalue weighted by molar-refractivity contribution is -0.129. The number of pyridine rings is 1. The zero-order valence-electron chi connectivity index (χ0n) is 15.4. The first-order valence-corrected chi connectivity index (χ1v) is 9.31. The van der Waals surface area contributed by atoms with Crippen LogP contribution in [0.5, 0.6) is 5.75 Å². The zero-order chi connectivity index (χ0) is 19.0. The number of carbonyl (C=O) groups is 1. The fourth-order valence-corrected chi connectivity index (χ4v) is 4.00. The van der Waals surface area contributed by atoms with Gasteiger partial charge in [-0.15, -0.1) is 0 Å². The molecule has 3 heterocycles. The summed E-state index contributed by atoms with van der Waals surface area (Å²) in [5.74, 6) is 1.98. The third kappa shape index (κ3) is 3.37. The Bertz CT molecular complexity index is 1000. The predicted octanol–water partition coefficient (Wildman–Crippen LogP) is 3.19. The molecule has 0 spiro atoms. The van der Waals surface area contributed by atoms with Gasteiger partial charge in [-0.3, -0.25) is 9.78 Å². The van der Waals surface area contributed by atoms with Crippen molar-refractivity contribution < 1.29 is 9.53 Å². The van der Waals surface area contributed by atoms with E-state index in [0.717, 1.165) is 35.4 Å². The van der Waals surface area contributed by atoms with Gasteiger partial charge in [0.15, 0.2) is 0 Å². The van der Waals surface area contributed by atoms with E-state index in [0.29, 0.717) is 23.7 Å². The Hall–Kier alpha value is -2.60. The van der Waals surface area contributed by atoms with Crippen molar-refractivity contribution in [2.75, 3.05) is 20.2 Å². The number of aryl methyl sites for hydroxylation is 1. The number of fused-ring (bicyclic) bond motifs is 1. The van der Waals surface area contributed by atoms with Crippen molar-refractivity contribution in [2.24, 2.45) is 7.05 Å². The van der Waals surface area contributed by atoms with E-state index in [-0.39, 0.29) is 11.8 Å². The minimum absolute atomic E-state index is 0.110. The Kier molecular flexibility index (Phi) is 4.74. The second-order valence-electron chi connectivity index (χ2n) is 6.86. The van der Waals surface area contributed by atoms with Crippen LogP contribution in [0.25, 0.3) is 11.0 Å². The number of imidazole rings is 1. The zero-order valence-corrected chi connectivity index (χ0v) is 16.1. The highest BCUT2D eigenvalue weighted by Gasteiger charge is 2.30. The Balaban J connectivity index is 1.46. The van der Waals surface area contributed by atoms with E-state index in [1.165, 1.54) is 0 Å². The van der Waals surface area contributed by atoms with Gasteiger partial charge in [-0.2, -0.15) is 0 Å². The standard InChI is InChI=1S/C20H21ClN4O2/c1-24-17-11-22-7-5-16(17)23-20(24)14-6-8-25(12-14)19(26)10-13-3-4-18(27-2)15(21)9-13/h3-5,7,9,11,14H,6,8,10,12H2,1-2H3. The van der Waals surface area contributed by atoms with Gasteiger partial charge in [0.2, 0.25) is 5.91 Å². The topological polar surface area (TPSA) is 60.2 Å². The average Bonchev–Trinajstić information content (AvgIpc) is 3.27. The molecule has 1 aromatic carbocycles. The number of methoxy groups -OCH3 is 1. The maximum atomic E-state index is 12.7. The van der Waals surface area contributed by atoms with Gasteiger partial charge in [0.05, 0.1) is 35.8 Å². The second-order valence-corrected chi connectivity index (χ2v) is 7.27. The fourth-order valence-electron chi connectivity index (χ4n) is 3.72. The van der Waals surface area contributed by atoms with E-state index in [1.54, 1.807) is 25.4 Å². The molecule has 1 fully saturated rings. The van der Waals surface area contributed by atoms with Crippen LogP contribution in [0.4, 0.5) is 0 Å². The van der Waals surface area contributed by atoms with Crippen LogP contribution in [0.1, 0.15) is 23.7 Å². The monoisotopic (exact) mass is 384 g/mol. The number of halogens is 1. The van der Waals surface area contributed by atoms with E-state index < -0.39 is 0 Å². The number of likely N-dealkylation sites (tertiary alicyclic amines) is 1. The minimum Gasteiger partial charge on any atom is -0.495 e. The van der Waals surface area contributed by atoms with Gasteiger partial charge >= 0.3 is 0 Å². The van der Waals surface area contributed by atoms with Crippen LogP contribution < -0.4 is 4.74 Å². The van der Waals surface area contributed by atoms with Crippen molar-refractivity contribution in [3.63, 3.8) is 0 Å². The number of nitrogens with zero attached hydrogens (tertiary/aromatic N) is 4. The molecule has 7 heteroatoms. The van der Waals surface area contributed by atoms with E-state index >= 15 is 0 Å². The SMILES string of the molecule is COc1ccc(CC(=O)N2CCC(c3nc4ccncc4n3C)C2)cc1Cl. The Morgan fingerprint density at radius 1 is 1.37 bits per heavy atom. The summed E-state index contributed by atoms with van der Waals surface area (Å²) >= 11 is 6.17. The van der Waals surface area contributed by atoms with E-state index in [1.807, 2.05) is 30.3 Å². The molecule has 1 aliphatic heterocycles. The molecule has 0 radical (unpaired) electrons. The molecular formula is C20H21ClN4O2. The number of benzene rings is 1. The molecule has 0 bridgehead atoms. The molecule has 2 aromatic heterocycles. The number of ether oxygens (including phenoxy) is 1. The molecule has 1 atom stereocenters. The first kappa shape index (κ1) is 17.8. The third-order valence-electron chi connectivity index (χ3n) is 5.20. The Labute approximate surface area is 162 Å². The van der Waals surface area contributed by atoms with Gasteiger partial charge in [0.1, 0.15) is 11.6 Å². The highest BCUT2D eigenvalue weighted by molar-refractivity contribution is 6.32. The van der Waals surface area contributed by atoms with Gasteiger partial charge in [-0.05, 0) is 30.2 Å². The first-order chi connectivity index (χ1) is 13.1. The summed E-state index contributed by atoms with van der Waals surface area (Å²) in [6, 6.07) is 7.40. The summed E-state index contributed by atoms with van der Waals surface area (Å²) in [4.78, 5) is 23.6. The molecule has 1 amide bonds. The smallest absolute Gasteiger partial charge is 0.227 e. The van der Waals surface area contributed by atoms with Crippen molar-refractivity contribution in [3.8, 4) is 5.75 Å². The fraction of sp³-hybridized carbons (Fsp3) is 0.350. The van der Waals surface area contributed by atoms with Crippen LogP contribution in [0.3, 0.4) is 0 Å². The lowest BCUT2D eigenvalue weighted by Crippen LogP contribution is -2.30. The van der Waals surface area contributed by atoms with Gasteiger partial charge in [-0.1, -0.05) is 17.7 Å². The van der Waals surface area contributed by atoms with Crippen molar-refractivity contribution in [1.29, 1.82) is 0 Å². The molecule has 0 saturated carbocycles. The molecule has 27 heavy (non-hydrogen) atoms. The van der Waals surface area contributed by atoms with Crippen molar-refractivity contribution in [3.05, 3.63) is 53.1 Å². The largest absolute Gasteiger partial charge is 0.495 e. The highest BCUT2D eigenvalue weighted by Crippen LogP contribution is 2.30. The number of aromatic nitrogens is 3.